The molecule has 1 N–H and O–H groups in total. The number of esters is 2. The Labute approximate surface area is 433 Å². The van der Waals surface area contributed by atoms with Crippen LogP contribution >= 0.6 is 0 Å². The maximum absolute atomic E-state index is 12.3. The third-order valence-electron chi connectivity index (χ3n) is 12.3. The molecule has 0 amide bonds. The molecule has 0 spiro atoms. The summed E-state index contributed by atoms with van der Waals surface area (Å²) in [5.74, 6) is -0.736. The van der Waals surface area contributed by atoms with Crippen molar-refractivity contribution in [2.24, 2.45) is 0 Å². The number of unbranched alkanes of at least 4 members (excludes halogenated alkanes) is 25. The summed E-state index contributed by atoms with van der Waals surface area (Å²) in [6, 6.07) is 0. The van der Waals surface area contributed by atoms with Crippen LogP contribution in [0.4, 0.5) is 0 Å². The lowest BCUT2D eigenvalue weighted by Crippen LogP contribution is -2.28. The first-order chi connectivity index (χ1) is 34.6. The molecule has 0 rings (SSSR count). The van der Waals surface area contributed by atoms with E-state index in [1.165, 1.54) is 148 Å². The van der Waals surface area contributed by atoms with Crippen molar-refractivity contribution in [1.82, 2.24) is 0 Å². The van der Waals surface area contributed by atoms with Gasteiger partial charge < -0.3 is 14.6 Å². The lowest BCUT2D eigenvalue weighted by Gasteiger charge is -2.15. The molecular formula is C65H108O5. The highest BCUT2D eigenvalue weighted by atomic mass is 16.6. The molecular weight excluding hydrogens is 861 g/mol. The highest BCUT2D eigenvalue weighted by molar-refractivity contribution is 5.71. The average molecular weight is 970 g/mol. The molecule has 70 heavy (non-hydrogen) atoms. The standard InChI is InChI=1S/C65H108O5/c1-3-5-7-9-11-13-15-17-19-20-21-22-23-24-25-26-27-28-29-30-31-32-33-34-35-36-37-38-39-40-41-42-43-44-46-48-50-52-54-56-58-60-65(68)70-63(61-66)62-69-64(67)59-57-55-53-51-49-47-45-18-16-14-12-10-8-6-4-2/h5-8,11-14,17-19,21-22,24-25,45,49,51,55,57,63,66H,3-4,9-10,15-16,20,23,26-44,46-48,50,52-54,56,58-62H2,1-2H3/b7-5-,8-6-,13-11-,14-12-,19-17-,22-21-,25-24-,45-18-,51-49-,57-55-. The number of carbonyl (C=O) groups excluding carboxylic acids is 2. The third-order valence-corrected chi connectivity index (χ3v) is 12.3. The topological polar surface area (TPSA) is 72.8 Å². The van der Waals surface area contributed by atoms with Gasteiger partial charge in [-0.15, -0.1) is 0 Å². The van der Waals surface area contributed by atoms with E-state index in [4.69, 9.17) is 9.47 Å². The van der Waals surface area contributed by atoms with Gasteiger partial charge in [0.15, 0.2) is 6.10 Å². The maximum Gasteiger partial charge on any atom is 0.309 e. The molecule has 0 heterocycles. The third kappa shape index (κ3) is 56.9. The van der Waals surface area contributed by atoms with E-state index in [1.807, 2.05) is 6.08 Å². The minimum Gasteiger partial charge on any atom is -0.461 e. The first-order valence-electron chi connectivity index (χ1n) is 29.1. The molecule has 0 aromatic carbocycles. The van der Waals surface area contributed by atoms with E-state index in [0.717, 1.165) is 83.5 Å². The minimum atomic E-state index is -0.816. The summed E-state index contributed by atoms with van der Waals surface area (Å²) in [6.07, 6.45) is 88.0. The fourth-order valence-electron chi connectivity index (χ4n) is 8.01. The quantitative estimate of drug-likeness (QED) is 0.0374. The predicted molar refractivity (Wildman–Crippen MR) is 306 cm³/mol. The van der Waals surface area contributed by atoms with Crippen LogP contribution in [0.1, 0.15) is 258 Å². The number of allylic oxidation sites excluding steroid dienone is 19. The number of aliphatic hydroxyl groups is 1. The lowest BCUT2D eigenvalue weighted by molar-refractivity contribution is -0.161. The predicted octanol–water partition coefficient (Wildman–Crippen LogP) is 19.9. The second-order valence-corrected chi connectivity index (χ2v) is 19.0. The zero-order chi connectivity index (χ0) is 50.6. The van der Waals surface area contributed by atoms with Crippen molar-refractivity contribution in [3.05, 3.63) is 122 Å². The summed E-state index contributed by atoms with van der Waals surface area (Å²) < 4.78 is 10.6. The Hall–Kier alpha value is -3.70. The largest absolute Gasteiger partial charge is 0.461 e. The van der Waals surface area contributed by atoms with Gasteiger partial charge in [-0.25, -0.2) is 0 Å². The van der Waals surface area contributed by atoms with Gasteiger partial charge >= 0.3 is 11.9 Å². The van der Waals surface area contributed by atoms with Gasteiger partial charge in [0.25, 0.3) is 0 Å². The van der Waals surface area contributed by atoms with Gasteiger partial charge in [0.2, 0.25) is 0 Å². The van der Waals surface area contributed by atoms with Crippen LogP contribution in [-0.4, -0.2) is 36.4 Å². The van der Waals surface area contributed by atoms with Crippen molar-refractivity contribution < 1.29 is 24.2 Å². The molecule has 0 saturated heterocycles. The average Bonchev–Trinajstić information content (AvgIpc) is 3.36. The summed E-state index contributed by atoms with van der Waals surface area (Å²) in [5.41, 5.74) is 0. The zero-order valence-corrected chi connectivity index (χ0v) is 45.5. The smallest absolute Gasteiger partial charge is 0.309 e. The zero-order valence-electron chi connectivity index (χ0n) is 45.5. The summed E-state index contributed by atoms with van der Waals surface area (Å²) in [5, 5.41) is 9.61. The molecule has 0 aromatic heterocycles. The van der Waals surface area contributed by atoms with Gasteiger partial charge in [-0.3, -0.25) is 9.59 Å². The van der Waals surface area contributed by atoms with E-state index in [2.05, 4.69) is 123 Å². The molecule has 5 nitrogen and oxygen atoms in total. The first-order valence-corrected chi connectivity index (χ1v) is 29.1. The molecule has 0 radical (unpaired) electrons. The molecule has 0 aromatic rings. The second-order valence-electron chi connectivity index (χ2n) is 19.0. The normalized spacial score (nSPS) is 13.1. The van der Waals surface area contributed by atoms with Crippen molar-refractivity contribution in [3.8, 4) is 0 Å². The number of aliphatic hydroxyl groups excluding tert-OH is 1. The van der Waals surface area contributed by atoms with Gasteiger partial charge in [0.1, 0.15) is 6.61 Å². The van der Waals surface area contributed by atoms with Crippen LogP contribution < -0.4 is 0 Å². The molecule has 1 atom stereocenters. The molecule has 0 fully saturated rings. The van der Waals surface area contributed by atoms with Crippen molar-refractivity contribution >= 4 is 11.9 Å². The van der Waals surface area contributed by atoms with E-state index in [9.17, 15) is 14.7 Å². The molecule has 0 bridgehead atoms. The van der Waals surface area contributed by atoms with Gasteiger partial charge in [-0.1, -0.05) is 283 Å². The molecule has 398 valence electrons. The fourth-order valence-corrected chi connectivity index (χ4v) is 8.01. The van der Waals surface area contributed by atoms with Crippen molar-refractivity contribution in [3.63, 3.8) is 0 Å². The van der Waals surface area contributed by atoms with Crippen LogP contribution in [0, 0.1) is 0 Å². The SMILES string of the molecule is CC/C=C\C/C=C\C/C=C\C/C=C\C/C=C\CCCCCCCCCCCCCCCCCCCCCCCCCCCC(=O)OC(CO)COC(=O)C/C=C\C/C=C\C/C=C\C/C=C\C/C=C\CC. The van der Waals surface area contributed by atoms with Gasteiger partial charge in [0.05, 0.1) is 13.0 Å². The van der Waals surface area contributed by atoms with Gasteiger partial charge in [-0.05, 0) is 83.5 Å². The molecule has 0 aliphatic rings. The van der Waals surface area contributed by atoms with Crippen molar-refractivity contribution in [1.29, 1.82) is 0 Å². The van der Waals surface area contributed by atoms with Crippen LogP contribution in [0.25, 0.3) is 0 Å². The van der Waals surface area contributed by atoms with Crippen LogP contribution in [0.5, 0.6) is 0 Å². The molecule has 0 aliphatic heterocycles. The Morgan fingerprint density at radius 2 is 0.614 bits per heavy atom. The lowest BCUT2D eigenvalue weighted by atomic mass is 10.0. The second kappa shape index (κ2) is 59.6. The van der Waals surface area contributed by atoms with Crippen LogP contribution in [-0.2, 0) is 19.1 Å². The summed E-state index contributed by atoms with van der Waals surface area (Å²) in [7, 11) is 0. The summed E-state index contributed by atoms with van der Waals surface area (Å²) >= 11 is 0. The highest BCUT2D eigenvalue weighted by Crippen LogP contribution is 2.17. The van der Waals surface area contributed by atoms with E-state index >= 15 is 0 Å². The number of hydrogen-bond donors (Lipinski definition) is 1. The molecule has 0 saturated carbocycles. The summed E-state index contributed by atoms with van der Waals surface area (Å²) in [6.45, 7) is 3.83. The van der Waals surface area contributed by atoms with E-state index in [1.54, 1.807) is 6.08 Å². The highest BCUT2D eigenvalue weighted by Gasteiger charge is 2.15. The number of ether oxygens (including phenoxy) is 2. The summed E-state index contributed by atoms with van der Waals surface area (Å²) in [4.78, 5) is 24.4. The van der Waals surface area contributed by atoms with Crippen molar-refractivity contribution in [2.45, 2.75) is 264 Å². The fraction of sp³-hybridized carbons (Fsp3) is 0.662. The van der Waals surface area contributed by atoms with Crippen LogP contribution in [0.15, 0.2) is 122 Å². The van der Waals surface area contributed by atoms with Crippen LogP contribution in [0.3, 0.4) is 0 Å². The minimum absolute atomic E-state index is 0.123. The van der Waals surface area contributed by atoms with E-state index < -0.39 is 12.1 Å². The first kappa shape index (κ1) is 66.3. The van der Waals surface area contributed by atoms with Crippen LogP contribution in [0.2, 0.25) is 0 Å². The molecule has 0 aliphatic carbocycles. The maximum atomic E-state index is 12.3. The number of rotatable bonds is 52. The molecule has 5 heteroatoms. The Bertz CT molecular complexity index is 1420. The Balaban J connectivity index is 3.46. The van der Waals surface area contributed by atoms with Gasteiger partial charge in [0, 0.05) is 6.42 Å². The Morgan fingerprint density at radius 3 is 0.929 bits per heavy atom. The van der Waals surface area contributed by atoms with E-state index in [0.29, 0.717) is 6.42 Å². The van der Waals surface area contributed by atoms with E-state index in [-0.39, 0.29) is 25.6 Å². The van der Waals surface area contributed by atoms with Crippen molar-refractivity contribution in [2.75, 3.05) is 13.2 Å². The monoisotopic (exact) mass is 969 g/mol. The Morgan fingerprint density at radius 1 is 0.343 bits per heavy atom. The number of hydrogen-bond acceptors (Lipinski definition) is 5. The Kier molecular flexibility index (Phi) is 56.5. The molecule has 1 unspecified atom stereocenters. The number of carbonyl (C=O) groups is 2. The van der Waals surface area contributed by atoms with Gasteiger partial charge in [-0.2, -0.15) is 0 Å².